The predicted molar refractivity (Wildman–Crippen MR) is 113 cm³/mol. The molecule has 4 nitrogen and oxygen atoms in total. The van der Waals surface area contributed by atoms with E-state index in [1.807, 2.05) is 29.6 Å². The molecule has 0 bridgehead atoms. The summed E-state index contributed by atoms with van der Waals surface area (Å²) in [6, 6.07) is 16.1. The lowest BCUT2D eigenvalue weighted by Crippen LogP contribution is -2.25. The Hall–Kier alpha value is -2.76. The lowest BCUT2D eigenvalue weighted by Gasteiger charge is -2.21. The van der Waals surface area contributed by atoms with Crippen LogP contribution in [-0.4, -0.2) is 29.8 Å². The Morgan fingerprint density at radius 3 is 2.93 bits per heavy atom. The van der Waals surface area contributed by atoms with Crippen molar-refractivity contribution in [3.05, 3.63) is 77.7 Å². The van der Waals surface area contributed by atoms with Crippen LogP contribution in [0.3, 0.4) is 0 Å². The third kappa shape index (κ3) is 4.06. The highest BCUT2D eigenvalue weighted by Gasteiger charge is 2.21. The average molecular weight is 394 g/mol. The molecular formula is C23H23NO3S. The number of phenols is 1. The van der Waals surface area contributed by atoms with E-state index in [1.54, 1.807) is 23.5 Å². The van der Waals surface area contributed by atoms with Crippen LogP contribution in [0.2, 0.25) is 0 Å². The van der Waals surface area contributed by atoms with Gasteiger partial charge in [-0.2, -0.15) is 0 Å². The summed E-state index contributed by atoms with van der Waals surface area (Å²) in [5.74, 6) is 1.68. The summed E-state index contributed by atoms with van der Waals surface area (Å²) >= 11 is 1.66. The Bertz CT molecular complexity index is 952. The fourth-order valence-corrected chi connectivity index (χ4v) is 4.15. The van der Waals surface area contributed by atoms with Crippen LogP contribution in [0.1, 0.15) is 11.1 Å². The molecule has 0 amide bonds. The number of phenolic OH excluding ortho intramolecular Hbond substituents is 1. The van der Waals surface area contributed by atoms with Gasteiger partial charge in [0.25, 0.3) is 0 Å². The second-order valence-electron chi connectivity index (χ2n) is 6.73. The SMILES string of the molecule is C=CCOc1ccccc1CN1CCOc2c(O)cc(-c3cccs3)cc2C1. The van der Waals surface area contributed by atoms with E-state index in [1.165, 1.54) is 0 Å². The van der Waals surface area contributed by atoms with E-state index in [9.17, 15) is 5.11 Å². The maximum absolute atomic E-state index is 10.5. The van der Waals surface area contributed by atoms with Gasteiger partial charge in [-0.05, 0) is 35.2 Å². The minimum atomic E-state index is 0.206. The van der Waals surface area contributed by atoms with Gasteiger partial charge >= 0.3 is 0 Å². The van der Waals surface area contributed by atoms with Crippen molar-refractivity contribution in [2.75, 3.05) is 19.8 Å². The first-order chi connectivity index (χ1) is 13.7. The molecule has 5 heteroatoms. The van der Waals surface area contributed by atoms with Gasteiger partial charge in [-0.15, -0.1) is 11.3 Å². The van der Waals surface area contributed by atoms with E-state index in [4.69, 9.17) is 9.47 Å². The van der Waals surface area contributed by atoms with Gasteiger partial charge in [-0.1, -0.05) is 36.9 Å². The Labute approximate surface area is 169 Å². The van der Waals surface area contributed by atoms with E-state index in [-0.39, 0.29) is 5.75 Å². The lowest BCUT2D eigenvalue weighted by atomic mass is 10.1. The van der Waals surface area contributed by atoms with E-state index < -0.39 is 0 Å². The number of benzene rings is 2. The normalized spacial score (nSPS) is 14.0. The number of para-hydroxylation sites is 1. The first kappa shape index (κ1) is 18.6. The molecule has 0 unspecified atom stereocenters. The van der Waals surface area contributed by atoms with Gasteiger partial charge in [-0.3, -0.25) is 4.90 Å². The smallest absolute Gasteiger partial charge is 0.165 e. The summed E-state index contributed by atoms with van der Waals surface area (Å²) in [5, 5.41) is 12.6. The van der Waals surface area contributed by atoms with Gasteiger partial charge in [0.2, 0.25) is 0 Å². The first-order valence-electron chi connectivity index (χ1n) is 9.31. The number of ether oxygens (including phenoxy) is 2. The number of thiophene rings is 1. The average Bonchev–Trinajstić information content (AvgIpc) is 3.16. The van der Waals surface area contributed by atoms with Crippen LogP contribution in [0.5, 0.6) is 17.2 Å². The van der Waals surface area contributed by atoms with Crippen LogP contribution in [0.15, 0.2) is 66.6 Å². The molecule has 3 aromatic rings. The molecule has 2 heterocycles. The predicted octanol–water partition coefficient (Wildman–Crippen LogP) is 5.08. The molecule has 1 aliphatic rings. The molecule has 144 valence electrons. The molecule has 1 aliphatic heterocycles. The molecule has 1 N–H and O–H groups in total. The highest BCUT2D eigenvalue weighted by Crippen LogP contribution is 2.39. The zero-order valence-electron chi connectivity index (χ0n) is 15.6. The van der Waals surface area contributed by atoms with Crippen molar-refractivity contribution in [2.45, 2.75) is 13.1 Å². The maximum atomic E-state index is 10.5. The van der Waals surface area contributed by atoms with Gasteiger partial charge < -0.3 is 14.6 Å². The zero-order chi connectivity index (χ0) is 19.3. The number of hydrogen-bond acceptors (Lipinski definition) is 5. The Morgan fingerprint density at radius 2 is 2.11 bits per heavy atom. The van der Waals surface area contributed by atoms with Crippen LogP contribution in [0.25, 0.3) is 10.4 Å². The molecule has 0 saturated carbocycles. The van der Waals surface area contributed by atoms with E-state index >= 15 is 0 Å². The zero-order valence-corrected chi connectivity index (χ0v) is 16.5. The Balaban J connectivity index is 1.59. The van der Waals surface area contributed by atoms with E-state index in [0.29, 0.717) is 25.5 Å². The monoisotopic (exact) mass is 393 g/mol. The van der Waals surface area contributed by atoms with Gasteiger partial charge in [0.05, 0.1) is 0 Å². The molecule has 0 fully saturated rings. The van der Waals surface area contributed by atoms with Crippen molar-refractivity contribution in [2.24, 2.45) is 0 Å². The van der Waals surface area contributed by atoms with Crippen LogP contribution in [-0.2, 0) is 13.1 Å². The number of fused-ring (bicyclic) bond motifs is 1. The van der Waals surface area contributed by atoms with Gasteiger partial charge in [-0.25, -0.2) is 0 Å². The molecule has 2 aromatic carbocycles. The molecular weight excluding hydrogens is 370 g/mol. The van der Waals surface area contributed by atoms with Crippen LogP contribution in [0.4, 0.5) is 0 Å². The number of nitrogens with zero attached hydrogens (tertiary/aromatic N) is 1. The van der Waals surface area contributed by atoms with Crippen molar-refractivity contribution in [1.29, 1.82) is 0 Å². The Morgan fingerprint density at radius 1 is 1.21 bits per heavy atom. The Kier molecular flexibility index (Phi) is 5.65. The minimum absolute atomic E-state index is 0.206. The molecule has 1 aromatic heterocycles. The maximum Gasteiger partial charge on any atom is 0.165 e. The van der Waals surface area contributed by atoms with Crippen LogP contribution in [0, 0.1) is 0 Å². The van der Waals surface area contributed by atoms with Gasteiger partial charge in [0.1, 0.15) is 19.0 Å². The van der Waals surface area contributed by atoms with Crippen molar-refractivity contribution in [3.8, 4) is 27.7 Å². The molecule has 0 atom stereocenters. The largest absolute Gasteiger partial charge is 0.504 e. The molecule has 28 heavy (non-hydrogen) atoms. The first-order valence-corrected chi connectivity index (χ1v) is 10.2. The third-order valence-electron chi connectivity index (χ3n) is 4.72. The van der Waals surface area contributed by atoms with Gasteiger partial charge in [0, 0.05) is 35.6 Å². The van der Waals surface area contributed by atoms with E-state index in [0.717, 1.165) is 40.4 Å². The van der Waals surface area contributed by atoms with Gasteiger partial charge in [0.15, 0.2) is 11.5 Å². The second kappa shape index (κ2) is 8.50. The van der Waals surface area contributed by atoms with Crippen molar-refractivity contribution >= 4 is 11.3 Å². The molecule has 0 aliphatic carbocycles. The van der Waals surface area contributed by atoms with Crippen molar-refractivity contribution in [3.63, 3.8) is 0 Å². The highest BCUT2D eigenvalue weighted by atomic mass is 32.1. The molecule has 0 spiro atoms. The van der Waals surface area contributed by atoms with Crippen LogP contribution < -0.4 is 9.47 Å². The van der Waals surface area contributed by atoms with E-state index in [2.05, 4.69) is 29.7 Å². The number of rotatable bonds is 6. The molecule has 0 radical (unpaired) electrons. The molecule has 4 rings (SSSR count). The summed E-state index contributed by atoms with van der Waals surface area (Å²) in [4.78, 5) is 3.46. The summed E-state index contributed by atoms with van der Waals surface area (Å²) < 4.78 is 11.7. The summed E-state index contributed by atoms with van der Waals surface area (Å²) in [6.07, 6.45) is 1.75. The molecule has 0 saturated heterocycles. The number of hydrogen-bond donors (Lipinski definition) is 1. The summed E-state index contributed by atoms with van der Waals surface area (Å²) in [7, 11) is 0. The summed E-state index contributed by atoms with van der Waals surface area (Å²) in [6.45, 7) is 6.98. The lowest BCUT2D eigenvalue weighted by molar-refractivity contribution is 0.214. The quantitative estimate of drug-likeness (QED) is 0.593. The topological polar surface area (TPSA) is 41.9 Å². The van der Waals surface area contributed by atoms with Crippen molar-refractivity contribution < 1.29 is 14.6 Å². The fourth-order valence-electron chi connectivity index (χ4n) is 3.44. The minimum Gasteiger partial charge on any atom is -0.504 e. The standard InChI is InChI=1S/C23H23NO3S/c1-2-10-26-21-7-4-3-6-17(21)15-24-9-11-27-23-19(16-24)13-18(14-20(23)25)22-8-5-12-28-22/h2-8,12-14,25H,1,9-11,15-16H2. The second-order valence-corrected chi connectivity index (χ2v) is 7.68. The van der Waals surface area contributed by atoms with Crippen molar-refractivity contribution in [1.82, 2.24) is 4.90 Å². The highest BCUT2D eigenvalue weighted by molar-refractivity contribution is 7.13. The summed E-state index contributed by atoms with van der Waals surface area (Å²) in [5.41, 5.74) is 3.16. The van der Waals surface area contributed by atoms with Crippen LogP contribution >= 0.6 is 11.3 Å². The number of aromatic hydroxyl groups is 1. The fraction of sp³-hybridized carbons (Fsp3) is 0.217. The third-order valence-corrected chi connectivity index (χ3v) is 5.64.